The second-order valence-electron chi connectivity index (χ2n) is 4.58. The Hall–Kier alpha value is -2.74. The Morgan fingerprint density at radius 2 is 2.17 bits per heavy atom. The lowest BCUT2D eigenvalue weighted by Crippen LogP contribution is -2.34. The first kappa shape index (κ1) is 17.6. The topological polar surface area (TPSA) is 146 Å². The van der Waals surface area contributed by atoms with Gasteiger partial charge >= 0.3 is 0 Å². The van der Waals surface area contributed by atoms with Gasteiger partial charge in [0.2, 0.25) is 5.96 Å². The van der Waals surface area contributed by atoms with E-state index in [0.717, 1.165) is 0 Å². The molecule has 8 nitrogen and oxygen atoms in total. The van der Waals surface area contributed by atoms with E-state index >= 15 is 0 Å². The third-order valence-corrected chi connectivity index (χ3v) is 4.62. The molecule has 0 aliphatic carbocycles. The third kappa shape index (κ3) is 4.39. The number of carbonyl (C=O) groups excluding carboxylic acids is 1. The van der Waals surface area contributed by atoms with Crippen LogP contribution in [0.15, 0.2) is 35.7 Å². The minimum absolute atomic E-state index is 0.164. The first-order chi connectivity index (χ1) is 11.3. The number of rotatable bonds is 6. The second-order valence-corrected chi connectivity index (χ2v) is 7.07. The zero-order chi connectivity index (χ0) is 17.7. The summed E-state index contributed by atoms with van der Waals surface area (Å²) < 4.78 is 27.5. The van der Waals surface area contributed by atoms with Crippen molar-refractivity contribution in [1.29, 1.82) is 10.7 Å². The van der Waals surface area contributed by atoms with E-state index in [-0.39, 0.29) is 5.56 Å². The average Bonchev–Trinajstić information content (AvgIpc) is 3.01. The number of nitriles is 1. The van der Waals surface area contributed by atoms with Crippen LogP contribution in [0.4, 0.5) is 0 Å². The van der Waals surface area contributed by atoms with Crippen LogP contribution >= 0.6 is 11.3 Å². The molecule has 1 aromatic heterocycles. The Morgan fingerprint density at radius 1 is 1.42 bits per heavy atom. The number of nitrogens with one attached hydrogen (secondary N) is 2. The molecule has 0 fully saturated rings. The summed E-state index contributed by atoms with van der Waals surface area (Å²) in [6.07, 6.45) is 0. The van der Waals surface area contributed by atoms with Gasteiger partial charge in [0, 0.05) is 11.1 Å². The lowest BCUT2D eigenvalue weighted by atomic mass is 10.0. The van der Waals surface area contributed by atoms with Gasteiger partial charge in [0.15, 0.2) is 5.78 Å². The number of carbonyl (C=O) groups is 1. The number of hydroxylamine groups is 1. The molecule has 0 spiro atoms. The summed E-state index contributed by atoms with van der Waals surface area (Å²) in [6.45, 7) is 0. The summed E-state index contributed by atoms with van der Waals surface area (Å²) in [5.74, 6) is -2.30. The number of thiophene rings is 1. The summed E-state index contributed by atoms with van der Waals surface area (Å²) >= 11 is 1.28. The van der Waals surface area contributed by atoms with Gasteiger partial charge in [-0.25, -0.2) is 5.48 Å². The lowest BCUT2D eigenvalue weighted by Gasteiger charge is -2.06. The van der Waals surface area contributed by atoms with E-state index in [9.17, 15) is 13.2 Å². The van der Waals surface area contributed by atoms with Gasteiger partial charge in [-0.3, -0.25) is 10.2 Å². The van der Waals surface area contributed by atoms with Crippen LogP contribution in [0, 0.1) is 16.7 Å². The molecule has 124 valence electrons. The monoisotopic (exact) mass is 364 g/mol. The van der Waals surface area contributed by atoms with Crippen molar-refractivity contribution in [2.24, 2.45) is 5.73 Å². The first-order valence-electron chi connectivity index (χ1n) is 6.45. The van der Waals surface area contributed by atoms with Crippen LogP contribution < -0.4 is 11.2 Å². The van der Waals surface area contributed by atoms with Gasteiger partial charge < -0.3 is 5.73 Å². The van der Waals surface area contributed by atoms with Crippen molar-refractivity contribution in [2.45, 2.75) is 0 Å². The van der Waals surface area contributed by atoms with Crippen molar-refractivity contribution in [2.75, 3.05) is 5.75 Å². The largest absolute Gasteiger partial charge is 0.368 e. The van der Waals surface area contributed by atoms with Crippen LogP contribution in [0.2, 0.25) is 0 Å². The molecule has 10 heteroatoms. The predicted octanol–water partition coefficient (Wildman–Crippen LogP) is 1.21. The molecule has 0 aliphatic rings. The number of hydrogen-bond donors (Lipinski definition) is 3. The lowest BCUT2D eigenvalue weighted by molar-refractivity contribution is 0.101. The number of ketones is 1. The van der Waals surface area contributed by atoms with E-state index in [2.05, 4.69) is 10.4 Å². The molecule has 0 saturated carbocycles. The highest BCUT2D eigenvalue weighted by Gasteiger charge is 2.20. The molecular weight excluding hydrogens is 352 g/mol. The number of benzene rings is 1. The smallest absolute Gasteiger partial charge is 0.295 e. The van der Waals surface area contributed by atoms with Crippen LogP contribution in [0.3, 0.4) is 0 Å². The van der Waals surface area contributed by atoms with E-state index < -0.39 is 27.6 Å². The molecule has 1 heterocycles. The van der Waals surface area contributed by atoms with Crippen LogP contribution in [0.25, 0.3) is 11.1 Å². The highest BCUT2D eigenvalue weighted by Crippen LogP contribution is 2.28. The summed E-state index contributed by atoms with van der Waals surface area (Å²) in [6, 6.07) is 10.1. The van der Waals surface area contributed by atoms with Crippen molar-refractivity contribution in [1.82, 2.24) is 5.48 Å². The maximum absolute atomic E-state index is 12.1. The van der Waals surface area contributed by atoms with Gasteiger partial charge in [0.05, 0.1) is 0 Å². The molecule has 0 unspecified atom stereocenters. The van der Waals surface area contributed by atoms with Crippen molar-refractivity contribution < 1.29 is 17.5 Å². The van der Waals surface area contributed by atoms with Gasteiger partial charge in [0.1, 0.15) is 16.7 Å². The molecule has 0 radical (unpaired) electrons. The third-order valence-electron chi connectivity index (χ3n) is 2.85. The number of guanidine groups is 1. The van der Waals surface area contributed by atoms with E-state index in [4.69, 9.17) is 16.4 Å². The maximum Gasteiger partial charge on any atom is 0.295 e. The molecule has 0 aliphatic heterocycles. The predicted molar refractivity (Wildman–Crippen MR) is 88.7 cm³/mol. The van der Waals surface area contributed by atoms with Crippen LogP contribution in [0.1, 0.15) is 15.2 Å². The minimum atomic E-state index is -4.24. The Kier molecular flexibility index (Phi) is 5.30. The summed E-state index contributed by atoms with van der Waals surface area (Å²) in [5.41, 5.74) is 8.07. The molecular formula is C14H12N4O4S2. The van der Waals surface area contributed by atoms with E-state index in [1.54, 1.807) is 29.1 Å². The summed E-state index contributed by atoms with van der Waals surface area (Å²) in [7, 11) is -4.24. The first-order valence-corrected chi connectivity index (χ1v) is 8.90. The number of Topliss-reactive ketones (excluding diaryl/α,β-unsaturated/α-hetero) is 1. The molecule has 0 atom stereocenters. The van der Waals surface area contributed by atoms with Crippen LogP contribution in [0.5, 0.6) is 0 Å². The van der Waals surface area contributed by atoms with Crippen molar-refractivity contribution in [3.63, 3.8) is 0 Å². The Labute approximate surface area is 142 Å². The van der Waals surface area contributed by atoms with Gasteiger partial charge in [0.25, 0.3) is 10.1 Å². The van der Waals surface area contributed by atoms with E-state index in [0.29, 0.717) is 16.0 Å². The number of nitrogens with two attached hydrogens (primary N) is 1. The van der Waals surface area contributed by atoms with E-state index in [1.165, 1.54) is 23.5 Å². The Morgan fingerprint density at radius 3 is 2.83 bits per heavy atom. The van der Waals surface area contributed by atoms with Crippen molar-refractivity contribution >= 4 is 33.2 Å². The zero-order valence-electron chi connectivity index (χ0n) is 12.1. The Bertz CT molecular complexity index is 928. The van der Waals surface area contributed by atoms with Crippen LogP contribution in [-0.4, -0.2) is 25.9 Å². The van der Waals surface area contributed by atoms with Crippen molar-refractivity contribution in [3.05, 3.63) is 46.2 Å². The molecule has 0 bridgehead atoms. The van der Waals surface area contributed by atoms with E-state index in [1.807, 2.05) is 0 Å². The standard InChI is InChI=1S/C14H12N4O4S2/c15-7-13-11(4-5-23-13)9-2-1-3-10(6-9)12(19)8-24(20,21)22-18-14(16)17/h1-6H,8H2,(H4,16,17,18). The van der Waals surface area contributed by atoms with Gasteiger partial charge in [-0.2, -0.15) is 13.7 Å². The fourth-order valence-corrected chi connectivity index (χ4v) is 3.33. The highest BCUT2D eigenvalue weighted by molar-refractivity contribution is 7.87. The highest BCUT2D eigenvalue weighted by atomic mass is 32.2. The van der Waals surface area contributed by atoms with Crippen molar-refractivity contribution in [3.8, 4) is 17.2 Å². The number of nitrogens with zero attached hydrogens (tertiary/aromatic N) is 1. The maximum atomic E-state index is 12.1. The SMILES string of the molecule is N#Cc1sccc1-c1cccc(C(=O)CS(=O)(=O)ONC(=N)N)c1. The molecule has 0 amide bonds. The molecule has 2 aromatic rings. The minimum Gasteiger partial charge on any atom is -0.368 e. The fourth-order valence-electron chi connectivity index (χ4n) is 1.87. The number of hydrogen-bond acceptors (Lipinski definition) is 7. The Balaban J connectivity index is 2.21. The summed E-state index contributed by atoms with van der Waals surface area (Å²) in [5, 5.41) is 17.7. The summed E-state index contributed by atoms with van der Waals surface area (Å²) in [4.78, 5) is 12.6. The van der Waals surface area contributed by atoms with Crippen LogP contribution in [-0.2, 0) is 14.4 Å². The molecule has 0 saturated heterocycles. The molecule has 2 rings (SSSR count). The molecule has 1 aromatic carbocycles. The molecule has 24 heavy (non-hydrogen) atoms. The quantitative estimate of drug-likeness (QED) is 0.302. The average molecular weight is 364 g/mol. The van der Waals surface area contributed by atoms with Gasteiger partial charge in [-0.05, 0) is 23.1 Å². The molecule has 4 N–H and O–H groups in total. The second kappa shape index (κ2) is 7.22. The van der Waals surface area contributed by atoms with Gasteiger partial charge in [-0.1, -0.05) is 18.2 Å². The fraction of sp³-hybridized carbons (Fsp3) is 0.0714. The normalized spacial score (nSPS) is 10.8. The zero-order valence-corrected chi connectivity index (χ0v) is 13.8. The van der Waals surface area contributed by atoms with Gasteiger partial charge in [-0.15, -0.1) is 15.6 Å².